The van der Waals surface area contributed by atoms with Gasteiger partial charge in [0, 0.05) is 18.0 Å². The van der Waals surface area contributed by atoms with Crippen LogP contribution < -0.4 is 5.32 Å². The van der Waals surface area contributed by atoms with Crippen LogP contribution in [0.1, 0.15) is 39.4 Å². The Labute approximate surface area is 205 Å². The summed E-state index contributed by atoms with van der Waals surface area (Å²) < 4.78 is 42.4. The SMILES string of the molecule is O=C(NCC=Cc1ccc(C(=O)CC(=O)C(F)(F)F)cc1)OCC1c2ccccc2-c2ccccc21. The summed E-state index contributed by atoms with van der Waals surface area (Å²) in [5.74, 6) is -3.01. The zero-order chi connectivity index (χ0) is 25.7. The second-order valence-corrected chi connectivity index (χ2v) is 8.25. The number of rotatable bonds is 8. The fourth-order valence-corrected chi connectivity index (χ4v) is 4.11. The number of alkyl halides is 3. The fourth-order valence-electron chi connectivity index (χ4n) is 4.11. The maximum atomic E-state index is 12.3. The lowest BCUT2D eigenvalue weighted by molar-refractivity contribution is -0.170. The number of carbonyl (C=O) groups is 3. The van der Waals surface area contributed by atoms with Crippen molar-refractivity contribution in [3.05, 3.63) is 101 Å². The predicted molar refractivity (Wildman–Crippen MR) is 129 cm³/mol. The number of benzene rings is 3. The topological polar surface area (TPSA) is 72.5 Å². The summed E-state index contributed by atoms with van der Waals surface area (Å²) in [6, 6.07) is 21.9. The first-order valence-corrected chi connectivity index (χ1v) is 11.2. The van der Waals surface area contributed by atoms with Crippen LogP contribution in [0.3, 0.4) is 0 Å². The number of hydrogen-bond acceptors (Lipinski definition) is 4. The summed E-state index contributed by atoms with van der Waals surface area (Å²) in [5.41, 5.74) is 5.21. The molecule has 0 unspecified atom stereocenters. The monoisotopic (exact) mass is 493 g/mol. The highest BCUT2D eigenvalue weighted by Crippen LogP contribution is 2.44. The Hall–Kier alpha value is -4.20. The quantitative estimate of drug-likeness (QED) is 0.311. The maximum absolute atomic E-state index is 12.3. The lowest BCUT2D eigenvalue weighted by Crippen LogP contribution is -2.26. The average Bonchev–Trinajstić information content (AvgIpc) is 3.19. The first kappa shape index (κ1) is 24.9. The molecular weight excluding hydrogens is 471 g/mol. The van der Waals surface area contributed by atoms with Gasteiger partial charge in [-0.1, -0.05) is 84.9 Å². The molecule has 0 saturated carbocycles. The van der Waals surface area contributed by atoms with E-state index in [0.717, 1.165) is 22.3 Å². The number of nitrogens with one attached hydrogen (secondary N) is 1. The zero-order valence-corrected chi connectivity index (χ0v) is 19.0. The van der Waals surface area contributed by atoms with E-state index in [1.807, 2.05) is 36.4 Å². The number of ether oxygens (including phenoxy) is 1. The number of Topliss-reactive ketones (excluding diaryl/α,β-unsaturated/α-hetero) is 2. The molecule has 8 heteroatoms. The van der Waals surface area contributed by atoms with E-state index in [9.17, 15) is 27.6 Å². The van der Waals surface area contributed by atoms with Crippen molar-refractivity contribution in [2.45, 2.75) is 18.5 Å². The van der Waals surface area contributed by atoms with Gasteiger partial charge < -0.3 is 10.1 Å². The molecule has 1 aliphatic rings. The van der Waals surface area contributed by atoms with Crippen LogP contribution in [-0.4, -0.2) is 37.0 Å². The van der Waals surface area contributed by atoms with Crippen LogP contribution in [0.5, 0.6) is 0 Å². The molecule has 3 aromatic carbocycles. The molecule has 1 amide bonds. The third-order valence-electron chi connectivity index (χ3n) is 5.89. The number of hydrogen-bond donors (Lipinski definition) is 1. The molecule has 3 aromatic rings. The van der Waals surface area contributed by atoms with E-state index in [0.29, 0.717) is 5.56 Å². The van der Waals surface area contributed by atoms with Crippen LogP contribution in [0.4, 0.5) is 18.0 Å². The van der Waals surface area contributed by atoms with Gasteiger partial charge >= 0.3 is 12.3 Å². The van der Waals surface area contributed by atoms with Crippen molar-refractivity contribution in [2.75, 3.05) is 13.2 Å². The summed E-state index contributed by atoms with van der Waals surface area (Å²) in [6.07, 6.45) is -3.46. The first-order chi connectivity index (χ1) is 17.2. The fraction of sp³-hybridized carbons (Fsp3) is 0.179. The molecule has 184 valence electrons. The second kappa shape index (κ2) is 10.6. The van der Waals surface area contributed by atoms with Crippen molar-refractivity contribution >= 4 is 23.7 Å². The van der Waals surface area contributed by atoms with Crippen molar-refractivity contribution in [3.8, 4) is 11.1 Å². The van der Waals surface area contributed by atoms with E-state index in [-0.39, 0.29) is 24.6 Å². The standard InChI is InChI=1S/C28H22F3NO4/c29-28(30,31)26(34)16-25(33)19-13-11-18(12-14-19)6-5-15-32-27(35)36-17-24-22-9-3-1-7-20(22)21-8-2-4-10-23(21)24/h1-14,24H,15-17H2,(H,32,35). The molecule has 0 atom stereocenters. The van der Waals surface area contributed by atoms with Gasteiger partial charge in [0.25, 0.3) is 0 Å². The lowest BCUT2D eigenvalue weighted by Gasteiger charge is -2.14. The normalized spacial score (nSPS) is 12.8. The third kappa shape index (κ3) is 5.71. The number of ketones is 2. The van der Waals surface area contributed by atoms with Gasteiger partial charge in [-0.25, -0.2) is 4.79 Å². The molecular formula is C28H22F3NO4. The van der Waals surface area contributed by atoms with Crippen molar-refractivity contribution in [3.63, 3.8) is 0 Å². The van der Waals surface area contributed by atoms with E-state index >= 15 is 0 Å². The van der Waals surface area contributed by atoms with E-state index < -0.39 is 30.3 Å². The lowest BCUT2D eigenvalue weighted by atomic mass is 9.98. The van der Waals surface area contributed by atoms with Crippen LogP contribution in [-0.2, 0) is 9.53 Å². The number of halogens is 3. The Morgan fingerprint density at radius 3 is 2.03 bits per heavy atom. The van der Waals surface area contributed by atoms with Gasteiger partial charge in [-0.2, -0.15) is 13.2 Å². The molecule has 0 spiro atoms. The first-order valence-electron chi connectivity index (χ1n) is 11.2. The Morgan fingerprint density at radius 1 is 0.861 bits per heavy atom. The Morgan fingerprint density at radius 2 is 1.44 bits per heavy atom. The van der Waals surface area contributed by atoms with E-state index in [2.05, 4.69) is 17.4 Å². The van der Waals surface area contributed by atoms with E-state index in [4.69, 9.17) is 4.74 Å². The highest BCUT2D eigenvalue weighted by Gasteiger charge is 2.39. The smallest absolute Gasteiger partial charge is 0.449 e. The van der Waals surface area contributed by atoms with Crippen LogP contribution >= 0.6 is 0 Å². The number of alkyl carbamates (subject to hydrolysis) is 1. The van der Waals surface area contributed by atoms with Crippen molar-refractivity contribution < 1.29 is 32.3 Å². The van der Waals surface area contributed by atoms with Gasteiger partial charge in [0.15, 0.2) is 5.78 Å². The van der Waals surface area contributed by atoms with Crippen molar-refractivity contribution in [2.24, 2.45) is 0 Å². The summed E-state index contributed by atoms with van der Waals surface area (Å²) in [7, 11) is 0. The zero-order valence-electron chi connectivity index (χ0n) is 19.0. The van der Waals surface area contributed by atoms with E-state index in [1.165, 1.54) is 24.3 Å². The van der Waals surface area contributed by atoms with Gasteiger partial charge in [-0.15, -0.1) is 0 Å². The Balaban J connectivity index is 1.25. The van der Waals surface area contributed by atoms with Gasteiger partial charge in [-0.05, 0) is 27.8 Å². The molecule has 0 bridgehead atoms. The molecule has 1 aliphatic carbocycles. The minimum atomic E-state index is -5.03. The average molecular weight is 493 g/mol. The van der Waals surface area contributed by atoms with Crippen LogP contribution in [0.15, 0.2) is 78.9 Å². The minimum Gasteiger partial charge on any atom is -0.449 e. The summed E-state index contributed by atoms with van der Waals surface area (Å²) >= 11 is 0. The largest absolute Gasteiger partial charge is 0.450 e. The number of fused-ring (bicyclic) bond motifs is 3. The molecule has 0 radical (unpaired) electrons. The summed E-state index contributed by atoms with van der Waals surface area (Å²) in [6.45, 7) is 0.396. The highest BCUT2D eigenvalue weighted by atomic mass is 19.4. The summed E-state index contributed by atoms with van der Waals surface area (Å²) in [5, 5.41) is 2.64. The molecule has 0 aromatic heterocycles. The Kier molecular flexibility index (Phi) is 7.33. The molecule has 36 heavy (non-hydrogen) atoms. The molecule has 5 nitrogen and oxygen atoms in total. The summed E-state index contributed by atoms with van der Waals surface area (Å²) in [4.78, 5) is 35.0. The van der Waals surface area contributed by atoms with E-state index in [1.54, 1.807) is 12.2 Å². The Bertz CT molecular complexity index is 1270. The minimum absolute atomic E-state index is 0.0153. The van der Waals surface area contributed by atoms with Gasteiger partial charge in [0.05, 0.1) is 6.42 Å². The van der Waals surface area contributed by atoms with Crippen molar-refractivity contribution in [1.82, 2.24) is 5.32 Å². The van der Waals surface area contributed by atoms with Gasteiger partial charge in [0.1, 0.15) is 6.61 Å². The van der Waals surface area contributed by atoms with Crippen molar-refractivity contribution in [1.29, 1.82) is 0 Å². The second-order valence-electron chi connectivity index (χ2n) is 8.25. The van der Waals surface area contributed by atoms with Gasteiger partial charge in [-0.3, -0.25) is 9.59 Å². The molecule has 0 heterocycles. The maximum Gasteiger partial charge on any atom is 0.450 e. The van der Waals surface area contributed by atoms with Crippen LogP contribution in [0.25, 0.3) is 17.2 Å². The van der Waals surface area contributed by atoms with Crippen LogP contribution in [0.2, 0.25) is 0 Å². The predicted octanol–water partition coefficient (Wildman–Crippen LogP) is 5.94. The molecule has 4 rings (SSSR count). The number of amides is 1. The number of carbonyl (C=O) groups excluding carboxylic acids is 3. The highest BCUT2D eigenvalue weighted by molar-refractivity contribution is 6.09. The third-order valence-corrected chi connectivity index (χ3v) is 5.89. The molecule has 0 saturated heterocycles. The molecule has 0 aliphatic heterocycles. The molecule has 1 N–H and O–H groups in total. The van der Waals surface area contributed by atoms with Crippen LogP contribution in [0, 0.1) is 0 Å². The molecule has 0 fully saturated rings. The van der Waals surface area contributed by atoms with Gasteiger partial charge in [0.2, 0.25) is 5.78 Å².